The molecule has 0 bridgehead atoms. The van der Waals surface area contributed by atoms with Gasteiger partial charge in [0.25, 0.3) is 0 Å². The summed E-state index contributed by atoms with van der Waals surface area (Å²) in [5.74, 6) is 0.866. The standard InChI is InChI=1S/C21H25N5O4S2/c1-5-26-18(14-10-8-9-11-15(14)29-6-2)24-25-21(26)31-12-16(27)23-20-22-13(4)17(32-20)19(28)30-7-3/h8-11H,5-7,12H2,1-4H3,(H,22,23,27). The molecule has 0 saturated carbocycles. The Hall–Kier alpha value is -2.92. The van der Waals surface area contributed by atoms with Gasteiger partial charge in [-0.05, 0) is 39.8 Å². The van der Waals surface area contributed by atoms with Gasteiger partial charge in [-0.15, -0.1) is 10.2 Å². The molecule has 2 aromatic heterocycles. The maximum Gasteiger partial charge on any atom is 0.350 e. The van der Waals surface area contributed by atoms with E-state index in [0.29, 0.717) is 39.8 Å². The first-order valence-electron chi connectivity index (χ1n) is 10.2. The van der Waals surface area contributed by atoms with E-state index in [1.165, 1.54) is 11.8 Å². The molecular weight excluding hydrogens is 450 g/mol. The second-order valence-corrected chi connectivity index (χ2v) is 8.41. The summed E-state index contributed by atoms with van der Waals surface area (Å²) >= 11 is 2.38. The minimum absolute atomic E-state index is 0.124. The summed E-state index contributed by atoms with van der Waals surface area (Å²) in [5.41, 5.74) is 1.38. The van der Waals surface area contributed by atoms with E-state index >= 15 is 0 Å². The number of nitrogens with one attached hydrogen (secondary N) is 1. The number of carbonyl (C=O) groups is 2. The highest BCUT2D eigenvalue weighted by atomic mass is 32.2. The molecule has 0 unspecified atom stereocenters. The van der Waals surface area contributed by atoms with Crippen LogP contribution in [0, 0.1) is 6.92 Å². The lowest BCUT2D eigenvalue weighted by atomic mass is 10.2. The van der Waals surface area contributed by atoms with Gasteiger partial charge in [0.2, 0.25) is 5.91 Å². The van der Waals surface area contributed by atoms with Crippen molar-refractivity contribution < 1.29 is 19.1 Å². The molecule has 3 rings (SSSR count). The molecule has 9 nitrogen and oxygen atoms in total. The summed E-state index contributed by atoms with van der Waals surface area (Å²) in [6, 6.07) is 7.67. The first kappa shape index (κ1) is 23.7. The maximum atomic E-state index is 12.5. The SMILES string of the molecule is CCOC(=O)c1sc(NC(=O)CSc2nnc(-c3ccccc3OCC)n2CC)nc1C. The van der Waals surface area contributed by atoms with E-state index in [2.05, 4.69) is 20.5 Å². The van der Waals surface area contributed by atoms with E-state index in [-0.39, 0.29) is 18.3 Å². The fourth-order valence-electron chi connectivity index (χ4n) is 2.93. The normalized spacial score (nSPS) is 10.8. The van der Waals surface area contributed by atoms with Crippen LogP contribution in [0.4, 0.5) is 5.13 Å². The fraction of sp³-hybridized carbons (Fsp3) is 0.381. The summed E-state index contributed by atoms with van der Waals surface area (Å²) in [4.78, 5) is 29.0. The van der Waals surface area contributed by atoms with Crippen LogP contribution in [-0.4, -0.2) is 50.6 Å². The van der Waals surface area contributed by atoms with Crippen LogP contribution in [0.5, 0.6) is 5.75 Å². The number of carbonyl (C=O) groups excluding carboxylic acids is 2. The van der Waals surface area contributed by atoms with E-state index in [1.54, 1.807) is 13.8 Å². The number of rotatable bonds is 10. The third-order valence-electron chi connectivity index (χ3n) is 4.30. The van der Waals surface area contributed by atoms with Gasteiger partial charge in [-0.1, -0.05) is 35.2 Å². The molecule has 0 aliphatic heterocycles. The number of hydrogen-bond acceptors (Lipinski definition) is 9. The van der Waals surface area contributed by atoms with E-state index in [0.717, 1.165) is 22.6 Å². The second-order valence-electron chi connectivity index (χ2n) is 6.47. The summed E-state index contributed by atoms with van der Waals surface area (Å²) in [6.45, 7) is 8.84. The molecule has 0 spiro atoms. The zero-order valence-electron chi connectivity index (χ0n) is 18.4. The van der Waals surface area contributed by atoms with Gasteiger partial charge in [0, 0.05) is 6.54 Å². The summed E-state index contributed by atoms with van der Waals surface area (Å²) in [7, 11) is 0. The van der Waals surface area contributed by atoms with Crippen molar-refractivity contribution in [1.29, 1.82) is 0 Å². The molecule has 11 heteroatoms. The molecule has 0 fully saturated rings. The highest BCUT2D eigenvalue weighted by Gasteiger charge is 2.20. The molecule has 0 atom stereocenters. The van der Waals surface area contributed by atoms with Crippen LogP contribution in [-0.2, 0) is 16.1 Å². The Bertz CT molecular complexity index is 1100. The smallest absolute Gasteiger partial charge is 0.350 e. The third kappa shape index (κ3) is 5.46. The van der Waals surface area contributed by atoms with Crippen LogP contribution in [0.15, 0.2) is 29.4 Å². The van der Waals surface area contributed by atoms with Crippen molar-refractivity contribution in [2.75, 3.05) is 24.3 Å². The molecule has 1 N–H and O–H groups in total. The molecule has 0 aliphatic rings. The van der Waals surface area contributed by atoms with Crippen molar-refractivity contribution in [1.82, 2.24) is 19.7 Å². The first-order chi connectivity index (χ1) is 15.5. The number of benzene rings is 1. The van der Waals surface area contributed by atoms with Crippen molar-refractivity contribution in [3.63, 3.8) is 0 Å². The zero-order chi connectivity index (χ0) is 23.1. The third-order valence-corrected chi connectivity index (χ3v) is 6.32. The van der Waals surface area contributed by atoms with Gasteiger partial charge >= 0.3 is 5.97 Å². The first-order valence-corrected chi connectivity index (χ1v) is 12.0. The fourth-order valence-corrected chi connectivity index (χ4v) is 4.61. The van der Waals surface area contributed by atoms with Crippen LogP contribution >= 0.6 is 23.1 Å². The van der Waals surface area contributed by atoms with Gasteiger partial charge in [-0.2, -0.15) is 0 Å². The zero-order valence-corrected chi connectivity index (χ0v) is 20.0. The number of para-hydroxylation sites is 1. The Labute approximate surface area is 194 Å². The van der Waals surface area contributed by atoms with Crippen molar-refractivity contribution in [2.24, 2.45) is 0 Å². The van der Waals surface area contributed by atoms with E-state index < -0.39 is 5.97 Å². The Balaban J connectivity index is 1.69. The number of thioether (sulfide) groups is 1. The number of thiazole rings is 1. The summed E-state index contributed by atoms with van der Waals surface area (Å²) in [5, 5.41) is 12.3. The predicted molar refractivity (Wildman–Crippen MR) is 124 cm³/mol. The van der Waals surface area contributed by atoms with Crippen molar-refractivity contribution >= 4 is 40.1 Å². The molecule has 32 heavy (non-hydrogen) atoms. The predicted octanol–water partition coefficient (Wildman–Crippen LogP) is 4.04. The van der Waals surface area contributed by atoms with Crippen LogP contribution < -0.4 is 10.1 Å². The summed E-state index contributed by atoms with van der Waals surface area (Å²) < 4.78 is 12.7. The van der Waals surface area contributed by atoms with Gasteiger partial charge in [-0.3, -0.25) is 4.79 Å². The van der Waals surface area contributed by atoms with Crippen molar-refractivity contribution in [2.45, 2.75) is 39.4 Å². The Morgan fingerprint density at radius 2 is 1.94 bits per heavy atom. The minimum atomic E-state index is -0.437. The molecule has 0 aliphatic carbocycles. The van der Waals surface area contributed by atoms with Crippen LogP contribution in [0.2, 0.25) is 0 Å². The lowest BCUT2D eigenvalue weighted by molar-refractivity contribution is -0.113. The second kappa shape index (κ2) is 11.1. The molecule has 3 aromatic rings. The Morgan fingerprint density at radius 1 is 1.16 bits per heavy atom. The number of aromatic nitrogens is 4. The Kier molecular flexibility index (Phi) is 8.23. The number of ether oxygens (including phenoxy) is 2. The lowest BCUT2D eigenvalue weighted by Gasteiger charge is -2.11. The molecule has 1 amide bonds. The maximum absolute atomic E-state index is 12.5. The van der Waals surface area contributed by atoms with Crippen molar-refractivity contribution in [3.05, 3.63) is 34.8 Å². The van der Waals surface area contributed by atoms with Gasteiger partial charge in [0.15, 0.2) is 16.1 Å². The average molecular weight is 476 g/mol. The molecule has 0 saturated heterocycles. The van der Waals surface area contributed by atoms with Gasteiger partial charge in [0.05, 0.1) is 30.2 Å². The number of nitrogens with zero attached hydrogens (tertiary/aromatic N) is 4. The molecule has 2 heterocycles. The number of amides is 1. The molecule has 170 valence electrons. The van der Waals surface area contributed by atoms with Crippen LogP contribution in [0.25, 0.3) is 11.4 Å². The number of anilines is 1. The molecular formula is C21H25N5O4S2. The van der Waals surface area contributed by atoms with Crippen LogP contribution in [0.1, 0.15) is 36.1 Å². The largest absolute Gasteiger partial charge is 0.493 e. The lowest BCUT2D eigenvalue weighted by Crippen LogP contribution is -2.14. The Morgan fingerprint density at radius 3 is 2.66 bits per heavy atom. The highest BCUT2D eigenvalue weighted by molar-refractivity contribution is 7.99. The topological polar surface area (TPSA) is 108 Å². The van der Waals surface area contributed by atoms with Gasteiger partial charge in [0.1, 0.15) is 10.6 Å². The van der Waals surface area contributed by atoms with E-state index in [1.807, 2.05) is 42.7 Å². The number of esters is 1. The van der Waals surface area contributed by atoms with Crippen LogP contribution in [0.3, 0.4) is 0 Å². The van der Waals surface area contributed by atoms with Gasteiger partial charge < -0.3 is 19.4 Å². The number of hydrogen-bond donors (Lipinski definition) is 1. The summed E-state index contributed by atoms with van der Waals surface area (Å²) in [6.07, 6.45) is 0. The average Bonchev–Trinajstić information content (AvgIpc) is 3.35. The van der Waals surface area contributed by atoms with E-state index in [9.17, 15) is 9.59 Å². The van der Waals surface area contributed by atoms with E-state index in [4.69, 9.17) is 9.47 Å². The number of aryl methyl sites for hydroxylation is 1. The highest BCUT2D eigenvalue weighted by Crippen LogP contribution is 2.31. The van der Waals surface area contributed by atoms with Gasteiger partial charge in [-0.25, -0.2) is 9.78 Å². The molecule has 1 aromatic carbocycles. The monoisotopic (exact) mass is 475 g/mol. The van der Waals surface area contributed by atoms with Crippen molar-refractivity contribution in [3.8, 4) is 17.1 Å². The minimum Gasteiger partial charge on any atom is -0.493 e. The quantitative estimate of drug-likeness (QED) is 0.346. The molecule has 0 radical (unpaired) electrons.